The Bertz CT molecular complexity index is 882. The maximum Gasteiger partial charge on any atom is 0.288 e. The fourth-order valence-corrected chi connectivity index (χ4v) is 2.63. The Hall–Kier alpha value is -3.13. The SMILES string of the molecule is CCN(CC)c1ccc(/C=N/NC(=O)c2ccc(Cl)c([N+](=O)[O-])c2)c(O)c1. The van der Waals surface area contributed by atoms with Gasteiger partial charge in [-0.2, -0.15) is 5.10 Å². The Balaban J connectivity index is 2.10. The Labute approximate surface area is 161 Å². The average molecular weight is 391 g/mol. The summed E-state index contributed by atoms with van der Waals surface area (Å²) in [6, 6.07) is 8.86. The molecule has 2 N–H and O–H groups in total. The predicted molar refractivity (Wildman–Crippen MR) is 105 cm³/mol. The summed E-state index contributed by atoms with van der Waals surface area (Å²) in [7, 11) is 0. The molecule has 0 saturated heterocycles. The van der Waals surface area contributed by atoms with Gasteiger partial charge in [0.15, 0.2) is 0 Å². The highest BCUT2D eigenvalue weighted by Gasteiger charge is 2.16. The number of halogens is 1. The van der Waals surface area contributed by atoms with E-state index in [1.54, 1.807) is 12.1 Å². The molecule has 9 heteroatoms. The number of rotatable bonds is 7. The van der Waals surface area contributed by atoms with Gasteiger partial charge in [0.1, 0.15) is 10.8 Å². The first-order valence-electron chi connectivity index (χ1n) is 8.22. The van der Waals surface area contributed by atoms with Crippen LogP contribution in [0, 0.1) is 10.1 Å². The number of amides is 1. The van der Waals surface area contributed by atoms with Crippen molar-refractivity contribution >= 4 is 35.1 Å². The Morgan fingerprint density at radius 3 is 2.59 bits per heavy atom. The van der Waals surface area contributed by atoms with Crippen LogP contribution in [-0.4, -0.2) is 35.2 Å². The number of aromatic hydroxyl groups is 1. The van der Waals surface area contributed by atoms with E-state index in [0.717, 1.165) is 24.8 Å². The first-order chi connectivity index (χ1) is 12.9. The molecule has 0 fully saturated rings. The van der Waals surface area contributed by atoms with Gasteiger partial charge in [-0.1, -0.05) is 11.6 Å². The van der Waals surface area contributed by atoms with Crippen molar-refractivity contribution in [2.75, 3.05) is 18.0 Å². The zero-order chi connectivity index (χ0) is 20.0. The molecule has 0 aromatic heterocycles. The maximum atomic E-state index is 12.1. The van der Waals surface area contributed by atoms with Crippen molar-refractivity contribution in [2.45, 2.75) is 13.8 Å². The van der Waals surface area contributed by atoms with Crippen LogP contribution in [0.25, 0.3) is 0 Å². The third-order valence-corrected chi connectivity index (χ3v) is 4.24. The summed E-state index contributed by atoms with van der Waals surface area (Å²) in [5.74, 6) is -0.607. The predicted octanol–water partition coefficient (Wildman–Crippen LogP) is 3.56. The molecule has 1 amide bonds. The van der Waals surface area contributed by atoms with E-state index in [0.29, 0.717) is 5.56 Å². The van der Waals surface area contributed by atoms with Crippen molar-refractivity contribution in [3.8, 4) is 5.75 Å². The molecule has 142 valence electrons. The second-order valence-electron chi connectivity index (χ2n) is 5.54. The number of hydrogen-bond acceptors (Lipinski definition) is 6. The minimum absolute atomic E-state index is 0.0273. The average Bonchev–Trinajstić information content (AvgIpc) is 2.64. The number of nitro groups is 1. The number of nitro benzene ring substituents is 1. The van der Waals surface area contributed by atoms with Crippen molar-refractivity contribution in [3.05, 3.63) is 62.7 Å². The van der Waals surface area contributed by atoms with E-state index in [2.05, 4.69) is 15.4 Å². The first kappa shape index (κ1) is 20.2. The number of phenols is 1. The van der Waals surface area contributed by atoms with Gasteiger partial charge >= 0.3 is 0 Å². The highest BCUT2D eigenvalue weighted by Crippen LogP contribution is 2.25. The van der Waals surface area contributed by atoms with Crippen molar-refractivity contribution in [1.82, 2.24) is 5.43 Å². The minimum atomic E-state index is -0.669. The quantitative estimate of drug-likeness (QED) is 0.427. The summed E-state index contributed by atoms with van der Waals surface area (Å²) in [6.07, 6.45) is 1.30. The fourth-order valence-electron chi connectivity index (χ4n) is 2.45. The van der Waals surface area contributed by atoms with Crippen molar-refractivity contribution in [1.29, 1.82) is 0 Å². The third kappa shape index (κ3) is 4.95. The van der Waals surface area contributed by atoms with E-state index in [1.165, 1.54) is 18.3 Å². The van der Waals surface area contributed by atoms with E-state index in [4.69, 9.17) is 11.6 Å². The van der Waals surface area contributed by atoms with Gasteiger partial charge in [0.25, 0.3) is 11.6 Å². The number of phenolic OH excluding ortho intramolecular Hbond substituents is 1. The lowest BCUT2D eigenvalue weighted by Crippen LogP contribution is -2.21. The van der Waals surface area contributed by atoms with Gasteiger partial charge in [-0.05, 0) is 38.1 Å². The molecule has 2 aromatic carbocycles. The highest BCUT2D eigenvalue weighted by molar-refractivity contribution is 6.32. The molecule has 0 radical (unpaired) electrons. The lowest BCUT2D eigenvalue weighted by molar-refractivity contribution is -0.384. The lowest BCUT2D eigenvalue weighted by Gasteiger charge is -2.21. The molecule has 0 saturated carbocycles. The highest BCUT2D eigenvalue weighted by atomic mass is 35.5. The van der Waals surface area contributed by atoms with Gasteiger partial charge in [-0.15, -0.1) is 0 Å². The molecule has 2 aromatic rings. The molecule has 2 rings (SSSR count). The zero-order valence-corrected chi connectivity index (χ0v) is 15.6. The van der Waals surface area contributed by atoms with Gasteiger partial charge in [-0.25, -0.2) is 5.43 Å². The molecule has 0 spiro atoms. The molecule has 8 nitrogen and oxygen atoms in total. The number of carbonyl (C=O) groups is 1. The summed E-state index contributed by atoms with van der Waals surface area (Å²) >= 11 is 5.72. The van der Waals surface area contributed by atoms with Crippen LogP contribution in [0.4, 0.5) is 11.4 Å². The van der Waals surface area contributed by atoms with Crippen molar-refractivity contribution < 1.29 is 14.8 Å². The molecule has 27 heavy (non-hydrogen) atoms. The molecule has 0 aliphatic heterocycles. The summed E-state index contributed by atoms with van der Waals surface area (Å²) in [5, 5.41) is 24.7. The largest absolute Gasteiger partial charge is 0.507 e. The van der Waals surface area contributed by atoms with Gasteiger partial charge in [0.05, 0.1) is 11.1 Å². The monoisotopic (exact) mass is 390 g/mol. The topological polar surface area (TPSA) is 108 Å². The molecule has 0 heterocycles. The Kier molecular flexibility index (Phi) is 6.73. The number of carbonyl (C=O) groups excluding carboxylic acids is 1. The number of hydrogen-bond donors (Lipinski definition) is 2. The second-order valence-corrected chi connectivity index (χ2v) is 5.95. The van der Waals surface area contributed by atoms with Crippen LogP contribution in [0.3, 0.4) is 0 Å². The van der Waals surface area contributed by atoms with Crippen LogP contribution < -0.4 is 10.3 Å². The third-order valence-electron chi connectivity index (χ3n) is 3.92. The van der Waals surface area contributed by atoms with Gasteiger partial charge < -0.3 is 10.0 Å². The maximum absolute atomic E-state index is 12.1. The van der Waals surface area contributed by atoms with Gasteiger partial charge in [0, 0.05) is 42.0 Å². The van der Waals surface area contributed by atoms with Gasteiger partial charge in [0.2, 0.25) is 0 Å². The summed E-state index contributed by atoms with van der Waals surface area (Å²) in [5.41, 5.74) is 3.25. The minimum Gasteiger partial charge on any atom is -0.507 e. The van der Waals surface area contributed by atoms with Crippen molar-refractivity contribution in [3.63, 3.8) is 0 Å². The zero-order valence-electron chi connectivity index (χ0n) is 14.8. The molecular weight excluding hydrogens is 372 g/mol. The van der Waals surface area contributed by atoms with Gasteiger partial charge in [-0.3, -0.25) is 14.9 Å². The summed E-state index contributed by atoms with van der Waals surface area (Å²) < 4.78 is 0. The van der Waals surface area contributed by atoms with E-state index < -0.39 is 10.8 Å². The van der Waals surface area contributed by atoms with Crippen LogP contribution in [-0.2, 0) is 0 Å². The van der Waals surface area contributed by atoms with Crippen LogP contribution in [0.2, 0.25) is 5.02 Å². The normalized spacial score (nSPS) is 10.8. The van der Waals surface area contributed by atoms with E-state index >= 15 is 0 Å². The number of benzene rings is 2. The number of anilines is 1. The number of hydrazone groups is 1. The Morgan fingerprint density at radius 1 is 1.30 bits per heavy atom. The molecule has 0 unspecified atom stereocenters. The van der Waals surface area contributed by atoms with Crippen LogP contribution in [0.5, 0.6) is 5.75 Å². The lowest BCUT2D eigenvalue weighted by atomic mass is 10.2. The van der Waals surface area contributed by atoms with E-state index in [9.17, 15) is 20.0 Å². The molecule has 0 aliphatic rings. The molecular formula is C18H19ClN4O4. The summed E-state index contributed by atoms with van der Waals surface area (Å²) in [6.45, 7) is 5.67. The van der Waals surface area contributed by atoms with Crippen LogP contribution >= 0.6 is 11.6 Å². The summed E-state index contributed by atoms with van der Waals surface area (Å²) in [4.78, 5) is 24.4. The Morgan fingerprint density at radius 2 is 2.00 bits per heavy atom. The number of nitrogens with zero attached hydrogens (tertiary/aromatic N) is 3. The van der Waals surface area contributed by atoms with E-state index in [1.807, 2.05) is 19.9 Å². The second kappa shape index (κ2) is 9.00. The van der Waals surface area contributed by atoms with E-state index in [-0.39, 0.29) is 22.0 Å². The van der Waals surface area contributed by atoms with Crippen molar-refractivity contribution in [2.24, 2.45) is 5.10 Å². The molecule has 0 bridgehead atoms. The van der Waals surface area contributed by atoms with Crippen LogP contribution in [0.1, 0.15) is 29.8 Å². The molecule has 0 atom stereocenters. The standard InChI is InChI=1S/C18H19ClN4O4/c1-3-22(4-2)14-7-5-13(17(24)10-14)11-20-21-18(25)12-6-8-15(19)16(9-12)23(26)27/h5-11,24H,3-4H2,1-2H3,(H,21,25)/b20-11+. The first-order valence-corrected chi connectivity index (χ1v) is 8.60. The number of nitrogens with one attached hydrogen (secondary N) is 1. The smallest absolute Gasteiger partial charge is 0.288 e. The fraction of sp³-hybridized carbons (Fsp3) is 0.222. The van der Waals surface area contributed by atoms with Crippen LogP contribution in [0.15, 0.2) is 41.5 Å². The molecule has 0 aliphatic carbocycles.